The van der Waals surface area contributed by atoms with E-state index in [1.165, 1.54) is 22.1 Å². The lowest BCUT2D eigenvalue weighted by atomic mass is 10.1. The zero-order chi connectivity index (χ0) is 13.2. The zero-order valence-corrected chi connectivity index (χ0v) is 13.0. The van der Waals surface area contributed by atoms with E-state index in [1.807, 2.05) is 12.1 Å². The SMILES string of the molecule is Clc1ncc(CNc2ccc(Br)c3ccccc23)s1. The van der Waals surface area contributed by atoms with E-state index in [4.69, 9.17) is 11.6 Å². The van der Waals surface area contributed by atoms with Crippen molar-refractivity contribution < 1.29 is 0 Å². The number of benzene rings is 2. The lowest BCUT2D eigenvalue weighted by Crippen LogP contribution is -1.98. The van der Waals surface area contributed by atoms with Crippen molar-refractivity contribution in [2.75, 3.05) is 5.32 Å². The minimum atomic E-state index is 0.581. The molecule has 1 N–H and O–H groups in total. The Balaban J connectivity index is 1.91. The maximum Gasteiger partial charge on any atom is 0.183 e. The summed E-state index contributed by atoms with van der Waals surface area (Å²) < 4.78 is 1.69. The summed E-state index contributed by atoms with van der Waals surface area (Å²) in [6, 6.07) is 12.4. The Bertz CT molecular complexity index is 726. The molecule has 0 saturated carbocycles. The topological polar surface area (TPSA) is 24.9 Å². The molecule has 2 nitrogen and oxygen atoms in total. The van der Waals surface area contributed by atoms with E-state index in [-0.39, 0.29) is 0 Å². The molecule has 0 atom stereocenters. The Labute approximate surface area is 128 Å². The first-order chi connectivity index (χ1) is 9.24. The van der Waals surface area contributed by atoms with Gasteiger partial charge in [0, 0.05) is 26.6 Å². The number of aromatic nitrogens is 1. The molecule has 96 valence electrons. The summed E-state index contributed by atoms with van der Waals surface area (Å²) in [4.78, 5) is 5.16. The number of halogens is 2. The number of nitrogens with one attached hydrogen (secondary N) is 1. The molecule has 2 aromatic carbocycles. The first-order valence-corrected chi connectivity index (χ1v) is 7.74. The van der Waals surface area contributed by atoms with E-state index >= 15 is 0 Å². The van der Waals surface area contributed by atoms with Gasteiger partial charge in [-0.15, -0.1) is 11.3 Å². The van der Waals surface area contributed by atoms with E-state index in [2.05, 4.69) is 50.5 Å². The molecule has 0 aliphatic rings. The van der Waals surface area contributed by atoms with E-state index in [9.17, 15) is 0 Å². The maximum absolute atomic E-state index is 5.83. The molecule has 0 saturated heterocycles. The quantitative estimate of drug-likeness (QED) is 0.689. The second-order valence-corrected chi connectivity index (χ2v) is 6.63. The van der Waals surface area contributed by atoms with Crippen LogP contribution in [0.25, 0.3) is 10.8 Å². The lowest BCUT2D eigenvalue weighted by Gasteiger charge is -2.10. The van der Waals surface area contributed by atoms with Crippen LogP contribution in [0.4, 0.5) is 5.69 Å². The molecule has 5 heteroatoms. The van der Waals surface area contributed by atoms with Crippen LogP contribution in [-0.4, -0.2) is 4.98 Å². The van der Waals surface area contributed by atoms with Gasteiger partial charge in [-0.05, 0) is 17.5 Å². The minimum absolute atomic E-state index is 0.581. The number of thiazole rings is 1. The van der Waals surface area contributed by atoms with E-state index < -0.39 is 0 Å². The van der Waals surface area contributed by atoms with Crippen LogP contribution in [-0.2, 0) is 6.54 Å². The smallest absolute Gasteiger partial charge is 0.183 e. The van der Waals surface area contributed by atoms with Crippen molar-refractivity contribution in [3.63, 3.8) is 0 Å². The molecule has 0 unspecified atom stereocenters. The van der Waals surface area contributed by atoms with Crippen molar-refractivity contribution in [3.05, 3.63) is 56.4 Å². The van der Waals surface area contributed by atoms with E-state index in [0.717, 1.165) is 21.6 Å². The Hall–Kier alpha value is -1.10. The van der Waals surface area contributed by atoms with Crippen LogP contribution < -0.4 is 5.32 Å². The Morgan fingerprint density at radius 1 is 1.16 bits per heavy atom. The third kappa shape index (κ3) is 2.76. The Kier molecular flexibility index (Phi) is 3.73. The van der Waals surface area contributed by atoms with Gasteiger partial charge < -0.3 is 5.32 Å². The van der Waals surface area contributed by atoms with Gasteiger partial charge in [-0.25, -0.2) is 4.98 Å². The van der Waals surface area contributed by atoms with Crippen LogP contribution in [0.2, 0.25) is 4.47 Å². The molecule has 0 amide bonds. The summed E-state index contributed by atoms with van der Waals surface area (Å²) in [5.41, 5.74) is 1.11. The van der Waals surface area contributed by atoms with Gasteiger partial charge in [0.05, 0.1) is 6.54 Å². The van der Waals surface area contributed by atoms with Crippen LogP contribution in [0.5, 0.6) is 0 Å². The first kappa shape index (κ1) is 12.9. The van der Waals surface area contributed by atoms with Gasteiger partial charge >= 0.3 is 0 Å². The van der Waals surface area contributed by atoms with Gasteiger partial charge in [0.1, 0.15) is 0 Å². The Morgan fingerprint density at radius 3 is 2.68 bits per heavy atom. The van der Waals surface area contributed by atoms with Crippen molar-refractivity contribution in [2.24, 2.45) is 0 Å². The van der Waals surface area contributed by atoms with Gasteiger partial charge in [-0.1, -0.05) is 51.8 Å². The second-order valence-electron chi connectivity index (χ2n) is 4.07. The predicted octanol–water partition coefficient (Wildman–Crippen LogP) is 5.32. The van der Waals surface area contributed by atoms with Gasteiger partial charge in [0.2, 0.25) is 0 Å². The van der Waals surface area contributed by atoms with Crippen molar-refractivity contribution >= 4 is 55.3 Å². The fourth-order valence-electron chi connectivity index (χ4n) is 1.96. The lowest BCUT2D eigenvalue weighted by molar-refractivity contribution is 1.18. The molecule has 0 spiro atoms. The number of rotatable bonds is 3. The third-order valence-corrected chi connectivity index (χ3v) is 4.66. The number of nitrogens with zero attached hydrogens (tertiary/aromatic N) is 1. The van der Waals surface area contributed by atoms with Gasteiger partial charge in [-0.2, -0.15) is 0 Å². The molecule has 0 aliphatic heterocycles. The first-order valence-electron chi connectivity index (χ1n) is 5.75. The van der Waals surface area contributed by atoms with Crippen LogP contribution in [0.1, 0.15) is 4.88 Å². The molecule has 3 rings (SSSR count). The normalized spacial score (nSPS) is 10.8. The van der Waals surface area contributed by atoms with Gasteiger partial charge in [0.25, 0.3) is 0 Å². The van der Waals surface area contributed by atoms with Crippen molar-refractivity contribution in [1.82, 2.24) is 4.98 Å². The van der Waals surface area contributed by atoms with Gasteiger partial charge in [-0.3, -0.25) is 0 Å². The number of hydrogen-bond donors (Lipinski definition) is 1. The molecule has 0 fully saturated rings. The molecular formula is C14H10BrClN2S. The van der Waals surface area contributed by atoms with Crippen LogP contribution in [0.3, 0.4) is 0 Å². The van der Waals surface area contributed by atoms with E-state index in [1.54, 1.807) is 6.20 Å². The number of hydrogen-bond acceptors (Lipinski definition) is 3. The summed E-state index contributed by atoms with van der Waals surface area (Å²) in [5.74, 6) is 0. The minimum Gasteiger partial charge on any atom is -0.380 e. The molecule has 1 heterocycles. The highest BCUT2D eigenvalue weighted by Crippen LogP contribution is 2.30. The molecular weight excluding hydrogens is 344 g/mol. The Morgan fingerprint density at radius 2 is 1.95 bits per heavy atom. The van der Waals surface area contributed by atoms with Crippen LogP contribution >= 0.6 is 38.9 Å². The van der Waals surface area contributed by atoms with Crippen LogP contribution in [0, 0.1) is 0 Å². The van der Waals surface area contributed by atoms with Gasteiger partial charge in [0.15, 0.2) is 4.47 Å². The fourth-order valence-corrected chi connectivity index (χ4v) is 3.36. The highest BCUT2D eigenvalue weighted by Gasteiger charge is 2.05. The average molecular weight is 354 g/mol. The number of anilines is 1. The summed E-state index contributed by atoms with van der Waals surface area (Å²) >= 11 is 10.9. The summed E-state index contributed by atoms with van der Waals surface area (Å²) in [6.45, 7) is 0.732. The third-order valence-electron chi connectivity index (χ3n) is 2.85. The fraction of sp³-hybridized carbons (Fsp3) is 0.0714. The monoisotopic (exact) mass is 352 g/mol. The highest BCUT2D eigenvalue weighted by atomic mass is 79.9. The predicted molar refractivity (Wildman–Crippen MR) is 86.1 cm³/mol. The molecule has 1 aromatic heterocycles. The van der Waals surface area contributed by atoms with Crippen molar-refractivity contribution in [3.8, 4) is 0 Å². The summed E-state index contributed by atoms with van der Waals surface area (Å²) in [7, 11) is 0. The van der Waals surface area contributed by atoms with Crippen LogP contribution in [0.15, 0.2) is 47.1 Å². The standard InChI is InChI=1S/C14H10BrClN2S/c15-12-5-6-13(11-4-2-1-3-10(11)12)17-7-9-8-18-14(16)19-9/h1-6,8,17H,7H2. The number of fused-ring (bicyclic) bond motifs is 1. The molecule has 3 aromatic rings. The molecule has 19 heavy (non-hydrogen) atoms. The average Bonchev–Trinajstić information content (AvgIpc) is 2.84. The van der Waals surface area contributed by atoms with E-state index in [0.29, 0.717) is 4.47 Å². The summed E-state index contributed by atoms with van der Waals surface area (Å²) in [6.07, 6.45) is 1.81. The molecule has 0 aliphatic carbocycles. The molecule has 0 radical (unpaired) electrons. The maximum atomic E-state index is 5.83. The zero-order valence-electron chi connectivity index (χ0n) is 9.86. The highest BCUT2D eigenvalue weighted by molar-refractivity contribution is 9.10. The summed E-state index contributed by atoms with van der Waals surface area (Å²) in [5, 5.41) is 5.84. The van der Waals surface area contributed by atoms with Crippen molar-refractivity contribution in [2.45, 2.75) is 6.54 Å². The second kappa shape index (κ2) is 5.49. The largest absolute Gasteiger partial charge is 0.380 e. The molecule has 0 bridgehead atoms. The van der Waals surface area contributed by atoms with Crippen molar-refractivity contribution in [1.29, 1.82) is 0 Å².